The number of ketones is 1. The third-order valence-corrected chi connectivity index (χ3v) is 5.25. The highest BCUT2D eigenvalue weighted by Crippen LogP contribution is 2.31. The second-order valence-corrected chi connectivity index (χ2v) is 7.41. The van der Waals surface area contributed by atoms with Gasteiger partial charge in [-0.15, -0.1) is 0 Å². The molecule has 0 bridgehead atoms. The normalized spacial score (nSPS) is 10.8. The van der Waals surface area contributed by atoms with E-state index < -0.39 is 10.9 Å². The molecule has 0 amide bonds. The minimum absolute atomic E-state index is 0.0484. The van der Waals surface area contributed by atoms with E-state index in [1.807, 2.05) is 0 Å². The van der Waals surface area contributed by atoms with Crippen LogP contribution in [0.5, 0.6) is 0 Å². The first-order valence-electron chi connectivity index (χ1n) is 9.76. The van der Waals surface area contributed by atoms with Crippen LogP contribution in [0.1, 0.15) is 33.3 Å². The van der Waals surface area contributed by atoms with E-state index in [1.54, 1.807) is 72.1 Å². The van der Waals surface area contributed by atoms with Gasteiger partial charge in [-0.3, -0.25) is 14.9 Å². The molecule has 0 aliphatic rings. The molecule has 0 N–H and O–H groups in total. The summed E-state index contributed by atoms with van der Waals surface area (Å²) in [5.74, 6) is -0.711. The maximum absolute atomic E-state index is 13.5. The number of nitro groups is 1. The van der Waals surface area contributed by atoms with E-state index in [2.05, 4.69) is 0 Å². The van der Waals surface area contributed by atoms with Crippen molar-refractivity contribution >= 4 is 34.6 Å². The van der Waals surface area contributed by atoms with Crippen molar-refractivity contribution in [2.45, 2.75) is 6.92 Å². The smallest absolute Gasteiger partial charge is 0.338 e. The van der Waals surface area contributed by atoms with Crippen LogP contribution in [-0.4, -0.2) is 27.7 Å². The fourth-order valence-corrected chi connectivity index (χ4v) is 3.60. The number of ether oxygens (including phenoxy) is 1. The van der Waals surface area contributed by atoms with Gasteiger partial charge in [0.1, 0.15) is 5.69 Å². The lowest BCUT2D eigenvalue weighted by molar-refractivity contribution is -0.384. The van der Waals surface area contributed by atoms with E-state index in [1.165, 1.54) is 12.1 Å². The molecule has 0 saturated carbocycles. The fraction of sp³-hybridized carbons (Fsp3) is 0.0833. The van der Waals surface area contributed by atoms with Crippen molar-refractivity contribution < 1.29 is 19.2 Å². The van der Waals surface area contributed by atoms with E-state index in [0.29, 0.717) is 38.5 Å². The fourth-order valence-electron chi connectivity index (χ4n) is 3.47. The van der Waals surface area contributed by atoms with Crippen molar-refractivity contribution in [3.05, 3.63) is 105 Å². The van der Waals surface area contributed by atoms with Gasteiger partial charge in [0, 0.05) is 40.0 Å². The third kappa shape index (κ3) is 3.98. The van der Waals surface area contributed by atoms with Crippen molar-refractivity contribution in [1.82, 2.24) is 4.40 Å². The number of carbonyl (C=O) groups excluding carboxylic acids is 2. The molecular formula is C24H17ClN2O5. The molecule has 4 rings (SSSR count). The third-order valence-electron chi connectivity index (χ3n) is 4.99. The Labute approximate surface area is 188 Å². The molecule has 0 atom stereocenters. The van der Waals surface area contributed by atoms with Crippen molar-refractivity contribution in [3.63, 3.8) is 0 Å². The molecule has 7 nitrogen and oxygen atoms in total. The molecule has 0 aliphatic carbocycles. The van der Waals surface area contributed by atoms with Crippen LogP contribution in [0.2, 0.25) is 5.02 Å². The number of rotatable bonds is 6. The van der Waals surface area contributed by atoms with E-state index in [-0.39, 0.29) is 18.1 Å². The number of hydrogen-bond donors (Lipinski definition) is 0. The van der Waals surface area contributed by atoms with Gasteiger partial charge in [-0.25, -0.2) is 4.79 Å². The number of carbonyl (C=O) groups is 2. The van der Waals surface area contributed by atoms with Crippen LogP contribution < -0.4 is 0 Å². The van der Waals surface area contributed by atoms with Gasteiger partial charge in [0.2, 0.25) is 5.78 Å². The first-order valence-corrected chi connectivity index (χ1v) is 10.1. The predicted molar refractivity (Wildman–Crippen MR) is 120 cm³/mol. The highest BCUT2D eigenvalue weighted by molar-refractivity contribution is 6.30. The number of nitro benzene ring substituents is 1. The number of pyridine rings is 1. The molecule has 0 radical (unpaired) electrons. The second kappa shape index (κ2) is 8.64. The van der Waals surface area contributed by atoms with Gasteiger partial charge in [-0.1, -0.05) is 11.6 Å². The summed E-state index contributed by atoms with van der Waals surface area (Å²) in [4.78, 5) is 36.2. The minimum Gasteiger partial charge on any atom is -0.462 e. The Bertz CT molecular complexity index is 1340. The Morgan fingerprint density at radius 3 is 2.31 bits per heavy atom. The summed E-state index contributed by atoms with van der Waals surface area (Å²) < 4.78 is 6.76. The largest absolute Gasteiger partial charge is 0.462 e. The monoisotopic (exact) mass is 448 g/mol. The average Bonchev–Trinajstić information content (AvgIpc) is 3.18. The number of nitrogens with zero attached hydrogens (tertiary/aromatic N) is 2. The number of esters is 1. The van der Waals surface area contributed by atoms with E-state index in [4.69, 9.17) is 16.3 Å². The van der Waals surface area contributed by atoms with Crippen LogP contribution in [-0.2, 0) is 4.74 Å². The second-order valence-electron chi connectivity index (χ2n) is 6.98. The number of halogens is 1. The molecule has 160 valence electrons. The molecule has 2 heterocycles. The minimum atomic E-state index is -0.481. The van der Waals surface area contributed by atoms with Gasteiger partial charge in [-0.05, 0) is 67.1 Å². The van der Waals surface area contributed by atoms with Crippen LogP contribution >= 0.6 is 11.6 Å². The molecule has 8 heteroatoms. The maximum Gasteiger partial charge on any atom is 0.338 e. The first kappa shape index (κ1) is 21.3. The zero-order valence-electron chi connectivity index (χ0n) is 16.9. The van der Waals surface area contributed by atoms with Gasteiger partial charge >= 0.3 is 5.97 Å². The topological polar surface area (TPSA) is 90.9 Å². The molecule has 2 aromatic carbocycles. The van der Waals surface area contributed by atoms with Crippen molar-refractivity contribution in [1.29, 1.82) is 0 Å². The Hall–Kier alpha value is -3.97. The highest BCUT2D eigenvalue weighted by Gasteiger charge is 2.22. The SMILES string of the molecule is CCOC(=O)c1ccn2c(C(=O)c3ccc(Cl)cc3)c(-c3ccc([N+](=O)[O-])cc3)cc2c1. The lowest BCUT2D eigenvalue weighted by Gasteiger charge is -2.08. The van der Waals surface area contributed by atoms with Crippen LogP contribution in [0.4, 0.5) is 5.69 Å². The summed E-state index contributed by atoms with van der Waals surface area (Å²) in [7, 11) is 0. The summed E-state index contributed by atoms with van der Waals surface area (Å²) in [6.45, 7) is 1.97. The van der Waals surface area contributed by atoms with Crippen LogP contribution in [0.15, 0.2) is 72.9 Å². The van der Waals surface area contributed by atoms with Crippen molar-refractivity contribution in [3.8, 4) is 11.1 Å². The van der Waals surface area contributed by atoms with Crippen LogP contribution in [0.3, 0.4) is 0 Å². The van der Waals surface area contributed by atoms with Gasteiger partial charge in [0.15, 0.2) is 0 Å². The Morgan fingerprint density at radius 1 is 1.00 bits per heavy atom. The average molecular weight is 449 g/mol. The summed E-state index contributed by atoms with van der Waals surface area (Å²) in [6.07, 6.45) is 1.64. The number of hydrogen-bond acceptors (Lipinski definition) is 5. The number of benzene rings is 2. The maximum atomic E-state index is 13.5. The Morgan fingerprint density at radius 2 is 1.69 bits per heavy atom. The Balaban J connectivity index is 1.90. The summed E-state index contributed by atoms with van der Waals surface area (Å²) in [5.41, 5.74) is 2.94. The van der Waals surface area contributed by atoms with Gasteiger partial charge in [0.25, 0.3) is 5.69 Å². The number of aromatic nitrogens is 1. The Kier molecular flexibility index (Phi) is 5.75. The molecule has 4 aromatic rings. The van der Waals surface area contributed by atoms with Crippen molar-refractivity contribution in [2.24, 2.45) is 0 Å². The predicted octanol–water partition coefficient (Wildman–Crippen LogP) is 5.58. The highest BCUT2D eigenvalue weighted by atomic mass is 35.5. The molecule has 32 heavy (non-hydrogen) atoms. The molecule has 0 saturated heterocycles. The first-order chi connectivity index (χ1) is 15.4. The lowest BCUT2D eigenvalue weighted by Crippen LogP contribution is -2.08. The zero-order chi connectivity index (χ0) is 22.8. The van der Waals surface area contributed by atoms with E-state index >= 15 is 0 Å². The molecular weight excluding hydrogens is 432 g/mol. The molecule has 0 aliphatic heterocycles. The van der Waals surface area contributed by atoms with Gasteiger partial charge in [0.05, 0.1) is 17.1 Å². The van der Waals surface area contributed by atoms with Crippen molar-refractivity contribution in [2.75, 3.05) is 6.61 Å². The summed E-state index contributed by atoms with van der Waals surface area (Å²) in [5, 5.41) is 11.5. The quantitative estimate of drug-likeness (QED) is 0.166. The van der Waals surface area contributed by atoms with Crippen LogP contribution in [0.25, 0.3) is 16.6 Å². The number of fused-ring (bicyclic) bond motifs is 1. The van der Waals surface area contributed by atoms with Gasteiger partial charge in [-0.2, -0.15) is 0 Å². The lowest BCUT2D eigenvalue weighted by atomic mass is 10.00. The summed E-state index contributed by atoms with van der Waals surface area (Å²) in [6, 6.07) is 17.5. The number of non-ortho nitro benzene ring substituents is 1. The van der Waals surface area contributed by atoms with Gasteiger partial charge < -0.3 is 9.14 Å². The standard InChI is InChI=1S/C24H17ClN2O5/c1-2-32-24(29)17-11-12-26-20(13-17)14-21(15-5-9-19(10-6-15)27(30)31)22(26)23(28)16-3-7-18(25)8-4-16/h3-14H,2H2,1H3. The van der Waals surface area contributed by atoms with E-state index in [0.717, 1.165) is 0 Å². The molecule has 0 fully saturated rings. The summed E-state index contributed by atoms with van der Waals surface area (Å²) >= 11 is 5.96. The molecule has 2 aromatic heterocycles. The van der Waals surface area contributed by atoms with E-state index in [9.17, 15) is 19.7 Å². The van der Waals surface area contributed by atoms with Crippen LogP contribution in [0, 0.1) is 10.1 Å². The zero-order valence-corrected chi connectivity index (χ0v) is 17.7. The molecule has 0 unspecified atom stereocenters. The molecule has 0 spiro atoms.